The van der Waals surface area contributed by atoms with Crippen LogP contribution in [-0.4, -0.2) is 9.55 Å². The first-order valence-electron chi connectivity index (χ1n) is 6.19. The van der Waals surface area contributed by atoms with Crippen molar-refractivity contribution in [1.82, 2.24) is 9.55 Å². The number of nitrogens with zero attached hydrogens (tertiary/aromatic N) is 1. The van der Waals surface area contributed by atoms with Gasteiger partial charge in [-0.15, -0.1) is 6.42 Å². The van der Waals surface area contributed by atoms with E-state index in [1.165, 1.54) is 11.8 Å². The number of benzene rings is 1. The van der Waals surface area contributed by atoms with Crippen molar-refractivity contribution in [2.75, 3.05) is 0 Å². The fourth-order valence-electron chi connectivity index (χ4n) is 1.83. The van der Waals surface area contributed by atoms with E-state index < -0.39 is 5.69 Å². The highest BCUT2D eigenvalue weighted by Gasteiger charge is 2.13. The van der Waals surface area contributed by atoms with Crippen LogP contribution >= 0.6 is 11.8 Å². The number of nitrogens with one attached hydrogen (secondary N) is 1. The van der Waals surface area contributed by atoms with Crippen LogP contribution in [0.15, 0.2) is 49.8 Å². The zero-order valence-electron chi connectivity index (χ0n) is 11.1. The predicted molar refractivity (Wildman–Crippen MR) is 80.1 cm³/mol. The molecule has 1 heterocycles. The van der Waals surface area contributed by atoms with E-state index in [1.807, 2.05) is 37.3 Å². The highest BCUT2D eigenvalue weighted by molar-refractivity contribution is 7.99. The van der Waals surface area contributed by atoms with Gasteiger partial charge in [0.15, 0.2) is 0 Å². The summed E-state index contributed by atoms with van der Waals surface area (Å²) in [4.78, 5) is 27.9. The molecule has 2 aromatic rings. The van der Waals surface area contributed by atoms with Gasteiger partial charge in [0.2, 0.25) is 0 Å². The van der Waals surface area contributed by atoms with Gasteiger partial charge in [0.25, 0.3) is 5.56 Å². The Balaban J connectivity index is 2.52. The smallest absolute Gasteiger partial charge is 0.301 e. The summed E-state index contributed by atoms with van der Waals surface area (Å²) < 4.78 is 1.05. The summed E-state index contributed by atoms with van der Waals surface area (Å²) in [5, 5.41) is 0.585. The zero-order chi connectivity index (χ0) is 14.5. The average Bonchev–Trinajstić information content (AvgIpc) is 2.45. The molecular formula is C15H14N2O2S. The Kier molecular flexibility index (Phi) is 4.49. The number of hydrogen-bond acceptors (Lipinski definition) is 3. The molecule has 0 atom stereocenters. The van der Waals surface area contributed by atoms with Gasteiger partial charge in [-0.2, -0.15) is 0 Å². The quantitative estimate of drug-likeness (QED) is 0.690. The van der Waals surface area contributed by atoms with Crippen molar-refractivity contribution < 1.29 is 0 Å². The maximum absolute atomic E-state index is 12.3. The molecule has 0 unspecified atom stereocenters. The molecule has 0 bridgehead atoms. The molecule has 0 fully saturated rings. The summed E-state index contributed by atoms with van der Waals surface area (Å²) in [6.45, 7) is 1.86. The van der Waals surface area contributed by atoms with Crippen LogP contribution in [0.3, 0.4) is 0 Å². The van der Waals surface area contributed by atoms with Crippen LogP contribution < -0.4 is 11.2 Å². The van der Waals surface area contributed by atoms with Gasteiger partial charge in [0.1, 0.15) is 0 Å². The number of rotatable bonds is 4. The molecule has 20 heavy (non-hydrogen) atoms. The molecule has 0 spiro atoms. The van der Waals surface area contributed by atoms with Crippen molar-refractivity contribution in [2.24, 2.45) is 0 Å². The molecule has 0 aliphatic heterocycles. The van der Waals surface area contributed by atoms with Gasteiger partial charge in [0, 0.05) is 10.5 Å². The second-order valence-electron chi connectivity index (χ2n) is 4.10. The molecule has 1 aromatic carbocycles. The van der Waals surface area contributed by atoms with Gasteiger partial charge < -0.3 is 4.98 Å². The Morgan fingerprint density at radius 3 is 2.60 bits per heavy atom. The third-order valence-corrected chi connectivity index (χ3v) is 3.87. The van der Waals surface area contributed by atoms with E-state index in [0.717, 1.165) is 9.46 Å². The molecule has 0 saturated heterocycles. The lowest BCUT2D eigenvalue weighted by Gasteiger charge is -2.09. The standard InChI is InChI=1S/C15H14N2O2S/c1-3-10-17-14(18)12(4-2)13(16-15(17)19)20-11-8-6-5-7-9-11/h1,5-9H,4,10H2,2H3,(H,16,19). The summed E-state index contributed by atoms with van der Waals surface area (Å²) in [5.41, 5.74) is -0.204. The molecule has 2 rings (SSSR count). The van der Waals surface area contributed by atoms with Gasteiger partial charge in [-0.3, -0.25) is 4.79 Å². The zero-order valence-corrected chi connectivity index (χ0v) is 11.9. The lowest BCUT2D eigenvalue weighted by atomic mass is 10.2. The van der Waals surface area contributed by atoms with Gasteiger partial charge in [0.05, 0.1) is 11.6 Å². The molecular weight excluding hydrogens is 272 g/mol. The fraction of sp³-hybridized carbons (Fsp3) is 0.200. The van der Waals surface area contributed by atoms with Crippen LogP contribution in [0, 0.1) is 12.3 Å². The largest absolute Gasteiger partial charge is 0.330 e. The Morgan fingerprint density at radius 2 is 2.00 bits per heavy atom. The number of aromatic nitrogens is 2. The second-order valence-corrected chi connectivity index (χ2v) is 5.19. The summed E-state index contributed by atoms with van der Waals surface area (Å²) in [6.07, 6.45) is 5.72. The SMILES string of the molecule is C#CCn1c(=O)[nH]c(Sc2ccccc2)c(CC)c1=O. The Labute approximate surface area is 120 Å². The lowest BCUT2D eigenvalue weighted by Crippen LogP contribution is -2.37. The summed E-state index contributed by atoms with van der Waals surface area (Å²) >= 11 is 1.37. The maximum Gasteiger partial charge on any atom is 0.330 e. The van der Waals surface area contributed by atoms with Gasteiger partial charge in [-0.1, -0.05) is 42.8 Å². The van der Waals surface area contributed by atoms with Crippen molar-refractivity contribution in [2.45, 2.75) is 29.8 Å². The van der Waals surface area contributed by atoms with Crippen LogP contribution in [0.25, 0.3) is 0 Å². The molecule has 5 heteroatoms. The van der Waals surface area contributed by atoms with E-state index in [1.54, 1.807) is 0 Å². The maximum atomic E-state index is 12.3. The Hall–Kier alpha value is -2.19. The predicted octanol–water partition coefficient (Wildman–Crippen LogP) is 1.88. The highest BCUT2D eigenvalue weighted by Crippen LogP contribution is 2.26. The van der Waals surface area contributed by atoms with Crippen LogP contribution in [-0.2, 0) is 13.0 Å². The van der Waals surface area contributed by atoms with Crippen molar-refractivity contribution >= 4 is 11.8 Å². The molecule has 1 aromatic heterocycles. The van der Waals surface area contributed by atoms with E-state index in [9.17, 15) is 9.59 Å². The molecule has 0 radical (unpaired) electrons. The fourth-order valence-corrected chi connectivity index (χ4v) is 2.85. The van der Waals surface area contributed by atoms with E-state index in [4.69, 9.17) is 6.42 Å². The van der Waals surface area contributed by atoms with Gasteiger partial charge in [-0.25, -0.2) is 9.36 Å². The number of terminal acetylenes is 1. The lowest BCUT2D eigenvalue weighted by molar-refractivity contribution is 0.685. The molecule has 0 aliphatic carbocycles. The average molecular weight is 286 g/mol. The number of hydrogen-bond donors (Lipinski definition) is 1. The first-order chi connectivity index (χ1) is 9.67. The first kappa shape index (κ1) is 14.2. The monoisotopic (exact) mass is 286 g/mol. The molecule has 102 valence electrons. The normalized spacial score (nSPS) is 10.2. The minimum Gasteiger partial charge on any atom is -0.301 e. The first-order valence-corrected chi connectivity index (χ1v) is 7.01. The van der Waals surface area contributed by atoms with Crippen molar-refractivity contribution in [3.05, 3.63) is 56.7 Å². The molecule has 0 amide bonds. The minimum atomic E-state index is -0.469. The molecule has 0 saturated carbocycles. The molecule has 0 aliphatic rings. The number of aromatic amines is 1. The Bertz CT molecular complexity index is 754. The summed E-state index contributed by atoms with van der Waals surface area (Å²) in [6, 6.07) is 9.58. The third-order valence-electron chi connectivity index (χ3n) is 2.81. The van der Waals surface area contributed by atoms with Crippen LogP contribution in [0.5, 0.6) is 0 Å². The van der Waals surface area contributed by atoms with E-state index in [0.29, 0.717) is 17.0 Å². The Morgan fingerprint density at radius 1 is 1.30 bits per heavy atom. The number of H-pyrrole nitrogens is 1. The van der Waals surface area contributed by atoms with Crippen molar-refractivity contribution in [3.63, 3.8) is 0 Å². The summed E-state index contributed by atoms with van der Waals surface area (Å²) in [7, 11) is 0. The van der Waals surface area contributed by atoms with Gasteiger partial charge in [-0.05, 0) is 18.6 Å². The van der Waals surface area contributed by atoms with E-state index >= 15 is 0 Å². The second kappa shape index (κ2) is 6.31. The van der Waals surface area contributed by atoms with Crippen molar-refractivity contribution in [3.8, 4) is 12.3 Å². The minimum absolute atomic E-state index is 0.0164. The molecule has 1 N–H and O–H groups in total. The highest BCUT2D eigenvalue weighted by atomic mass is 32.2. The van der Waals surface area contributed by atoms with Crippen LogP contribution in [0.2, 0.25) is 0 Å². The van der Waals surface area contributed by atoms with Crippen LogP contribution in [0.1, 0.15) is 12.5 Å². The van der Waals surface area contributed by atoms with Gasteiger partial charge >= 0.3 is 5.69 Å². The van der Waals surface area contributed by atoms with E-state index in [2.05, 4.69) is 10.9 Å². The van der Waals surface area contributed by atoms with Crippen molar-refractivity contribution in [1.29, 1.82) is 0 Å². The topological polar surface area (TPSA) is 54.9 Å². The third kappa shape index (κ3) is 2.86. The van der Waals surface area contributed by atoms with Crippen LogP contribution in [0.4, 0.5) is 0 Å². The molecule has 4 nitrogen and oxygen atoms in total. The van der Waals surface area contributed by atoms with E-state index in [-0.39, 0.29) is 12.1 Å². The summed E-state index contributed by atoms with van der Waals surface area (Å²) in [5.74, 6) is 2.32.